The van der Waals surface area contributed by atoms with E-state index in [1.54, 1.807) is 12.1 Å². The van der Waals surface area contributed by atoms with Crippen molar-refractivity contribution >= 4 is 51.9 Å². The van der Waals surface area contributed by atoms with Crippen LogP contribution in [0.15, 0.2) is 36.4 Å². The van der Waals surface area contributed by atoms with Crippen molar-refractivity contribution in [2.24, 2.45) is 11.7 Å². The van der Waals surface area contributed by atoms with Crippen molar-refractivity contribution in [3.63, 3.8) is 0 Å². The SMILES string of the molecule is NC(=O)C1CCN(c2ccccc2NC(=O)CCC(=O)c2ccc(Cl)s2)CC1. The van der Waals surface area contributed by atoms with Crippen LogP contribution in [0.4, 0.5) is 11.4 Å². The lowest BCUT2D eigenvalue weighted by Gasteiger charge is -2.33. The molecule has 148 valence electrons. The van der Waals surface area contributed by atoms with Crippen LogP contribution in [0.3, 0.4) is 0 Å². The van der Waals surface area contributed by atoms with Gasteiger partial charge in [0.15, 0.2) is 5.78 Å². The van der Waals surface area contributed by atoms with Crippen molar-refractivity contribution in [2.45, 2.75) is 25.7 Å². The summed E-state index contributed by atoms with van der Waals surface area (Å²) in [6.07, 6.45) is 1.65. The van der Waals surface area contributed by atoms with Gasteiger partial charge in [-0.3, -0.25) is 14.4 Å². The zero-order chi connectivity index (χ0) is 20.1. The van der Waals surface area contributed by atoms with E-state index in [1.807, 2.05) is 24.3 Å². The van der Waals surface area contributed by atoms with E-state index in [0.717, 1.165) is 5.69 Å². The van der Waals surface area contributed by atoms with E-state index in [2.05, 4.69) is 10.2 Å². The number of nitrogens with one attached hydrogen (secondary N) is 1. The Morgan fingerprint density at radius 3 is 2.46 bits per heavy atom. The maximum atomic E-state index is 12.4. The number of carbonyl (C=O) groups is 3. The van der Waals surface area contributed by atoms with Crippen molar-refractivity contribution in [2.75, 3.05) is 23.3 Å². The lowest BCUT2D eigenvalue weighted by Crippen LogP contribution is -2.38. The van der Waals surface area contributed by atoms with E-state index in [4.69, 9.17) is 17.3 Å². The van der Waals surface area contributed by atoms with Crippen LogP contribution in [0.25, 0.3) is 0 Å². The molecule has 1 saturated heterocycles. The summed E-state index contributed by atoms with van der Waals surface area (Å²) in [6.45, 7) is 1.41. The molecule has 2 aromatic rings. The Kier molecular flexibility index (Phi) is 6.70. The van der Waals surface area contributed by atoms with Crippen LogP contribution < -0.4 is 16.0 Å². The van der Waals surface area contributed by atoms with Crippen molar-refractivity contribution < 1.29 is 14.4 Å². The zero-order valence-corrected chi connectivity index (χ0v) is 16.9. The Balaban J connectivity index is 1.58. The Morgan fingerprint density at radius 1 is 1.11 bits per heavy atom. The average Bonchev–Trinajstić information content (AvgIpc) is 3.13. The first-order valence-electron chi connectivity index (χ1n) is 9.15. The smallest absolute Gasteiger partial charge is 0.224 e. The fourth-order valence-corrected chi connectivity index (χ4v) is 4.30. The Morgan fingerprint density at radius 2 is 1.82 bits per heavy atom. The second-order valence-corrected chi connectivity index (χ2v) is 8.47. The zero-order valence-electron chi connectivity index (χ0n) is 15.3. The second-order valence-electron chi connectivity index (χ2n) is 6.76. The second kappa shape index (κ2) is 9.21. The molecule has 0 saturated carbocycles. The standard InChI is InChI=1S/C20H22ClN3O3S/c21-18-7-6-17(28-18)16(25)5-8-19(26)23-14-3-1-2-4-15(14)24-11-9-13(10-12-24)20(22)27/h1-4,6-7,13H,5,8-12H2,(H2,22,27)(H,23,26). The van der Waals surface area contributed by atoms with Gasteiger partial charge >= 0.3 is 0 Å². The van der Waals surface area contributed by atoms with Gasteiger partial charge in [-0.15, -0.1) is 11.3 Å². The van der Waals surface area contributed by atoms with Gasteiger partial charge in [0.25, 0.3) is 0 Å². The van der Waals surface area contributed by atoms with Crippen LogP contribution in [0.2, 0.25) is 4.34 Å². The first kappa shape index (κ1) is 20.4. The van der Waals surface area contributed by atoms with Gasteiger partial charge in [0.1, 0.15) is 0 Å². The number of benzene rings is 1. The van der Waals surface area contributed by atoms with Gasteiger partial charge in [0.2, 0.25) is 11.8 Å². The molecule has 8 heteroatoms. The number of Topliss-reactive ketones (excluding diaryl/α,β-unsaturated/α-hetero) is 1. The highest BCUT2D eigenvalue weighted by Crippen LogP contribution is 2.30. The third-order valence-electron chi connectivity index (χ3n) is 4.84. The third-order valence-corrected chi connectivity index (χ3v) is 6.12. The molecule has 0 unspecified atom stereocenters. The van der Waals surface area contributed by atoms with Crippen LogP contribution in [0.1, 0.15) is 35.4 Å². The highest BCUT2D eigenvalue weighted by atomic mass is 35.5. The number of nitrogens with two attached hydrogens (primary N) is 1. The van der Waals surface area contributed by atoms with Crippen LogP contribution in [-0.2, 0) is 9.59 Å². The van der Waals surface area contributed by atoms with E-state index in [1.165, 1.54) is 11.3 Å². The molecular weight excluding hydrogens is 398 g/mol. The predicted molar refractivity (Wildman–Crippen MR) is 112 cm³/mol. The summed E-state index contributed by atoms with van der Waals surface area (Å²) in [7, 11) is 0. The van der Waals surface area contributed by atoms with Crippen molar-refractivity contribution in [1.29, 1.82) is 0 Å². The number of thiophene rings is 1. The van der Waals surface area contributed by atoms with Gasteiger partial charge in [-0.25, -0.2) is 0 Å². The predicted octanol–water partition coefficient (Wildman–Crippen LogP) is 3.70. The monoisotopic (exact) mass is 419 g/mol. The number of amides is 2. The number of anilines is 2. The Hall–Kier alpha value is -2.38. The number of halogens is 1. The summed E-state index contributed by atoms with van der Waals surface area (Å²) in [5.41, 5.74) is 7.02. The van der Waals surface area contributed by atoms with Crippen molar-refractivity contribution in [3.8, 4) is 0 Å². The Labute approximate surface area is 172 Å². The largest absolute Gasteiger partial charge is 0.370 e. The van der Waals surface area contributed by atoms with Crippen LogP contribution in [-0.4, -0.2) is 30.7 Å². The lowest BCUT2D eigenvalue weighted by molar-refractivity contribution is -0.122. The minimum absolute atomic E-state index is 0.0882. The van der Waals surface area contributed by atoms with Gasteiger partial charge in [0.05, 0.1) is 20.6 Å². The minimum Gasteiger partial charge on any atom is -0.370 e. The topological polar surface area (TPSA) is 92.5 Å². The number of nitrogens with zero attached hydrogens (tertiary/aromatic N) is 1. The highest BCUT2D eigenvalue weighted by Gasteiger charge is 2.24. The third kappa shape index (κ3) is 5.11. The summed E-state index contributed by atoms with van der Waals surface area (Å²) in [6, 6.07) is 10.9. The van der Waals surface area contributed by atoms with E-state index in [0.29, 0.717) is 40.8 Å². The molecule has 1 fully saturated rings. The highest BCUT2D eigenvalue weighted by molar-refractivity contribution is 7.18. The molecule has 1 aromatic carbocycles. The van der Waals surface area contributed by atoms with E-state index in [9.17, 15) is 14.4 Å². The summed E-state index contributed by atoms with van der Waals surface area (Å²) in [5, 5.41) is 2.91. The van der Waals surface area contributed by atoms with Crippen LogP contribution >= 0.6 is 22.9 Å². The van der Waals surface area contributed by atoms with Crippen LogP contribution in [0.5, 0.6) is 0 Å². The molecule has 0 bridgehead atoms. The van der Waals surface area contributed by atoms with Gasteiger partial charge in [-0.1, -0.05) is 23.7 Å². The summed E-state index contributed by atoms with van der Waals surface area (Å²) >= 11 is 7.07. The number of rotatable bonds is 7. The minimum atomic E-state index is -0.252. The molecule has 0 atom stereocenters. The first-order valence-corrected chi connectivity index (χ1v) is 10.3. The number of ketones is 1. The number of para-hydroxylation sites is 2. The van der Waals surface area contributed by atoms with Gasteiger partial charge in [0, 0.05) is 31.8 Å². The van der Waals surface area contributed by atoms with E-state index >= 15 is 0 Å². The lowest BCUT2D eigenvalue weighted by atomic mass is 9.96. The molecular formula is C20H22ClN3O3S. The molecule has 3 N–H and O–H groups in total. The quantitative estimate of drug-likeness (QED) is 0.669. The fraction of sp³-hybridized carbons (Fsp3) is 0.350. The average molecular weight is 420 g/mol. The van der Waals surface area contributed by atoms with E-state index < -0.39 is 0 Å². The molecule has 1 aliphatic heterocycles. The molecule has 0 radical (unpaired) electrons. The molecule has 2 heterocycles. The molecule has 3 rings (SSSR count). The molecule has 1 aromatic heterocycles. The molecule has 2 amide bonds. The number of hydrogen-bond donors (Lipinski definition) is 2. The number of primary amides is 1. The fourth-order valence-electron chi connectivity index (χ4n) is 3.29. The molecule has 1 aliphatic rings. The normalized spacial score (nSPS) is 14.7. The summed E-state index contributed by atoms with van der Waals surface area (Å²) < 4.78 is 0.557. The first-order chi connectivity index (χ1) is 13.4. The molecule has 0 aliphatic carbocycles. The Bertz CT molecular complexity index is 875. The molecule has 28 heavy (non-hydrogen) atoms. The van der Waals surface area contributed by atoms with Crippen molar-refractivity contribution in [3.05, 3.63) is 45.6 Å². The number of piperidine rings is 1. The maximum Gasteiger partial charge on any atom is 0.224 e. The van der Waals surface area contributed by atoms with Gasteiger partial charge in [-0.2, -0.15) is 0 Å². The molecule has 6 nitrogen and oxygen atoms in total. The number of carbonyl (C=O) groups excluding carboxylic acids is 3. The van der Waals surface area contributed by atoms with Gasteiger partial charge in [-0.05, 0) is 37.1 Å². The maximum absolute atomic E-state index is 12.4. The summed E-state index contributed by atoms with van der Waals surface area (Å²) in [5.74, 6) is -0.642. The molecule has 0 spiro atoms. The van der Waals surface area contributed by atoms with Crippen LogP contribution in [0, 0.1) is 5.92 Å². The van der Waals surface area contributed by atoms with E-state index in [-0.39, 0.29) is 36.4 Å². The van der Waals surface area contributed by atoms with Crippen molar-refractivity contribution in [1.82, 2.24) is 0 Å². The number of hydrogen-bond acceptors (Lipinski definition) is 5. The summed E-state index contributed by atoms with van der Waals surface area (Å²) in [4.78, 5) is 38.6. The van der Waals surface area contributed by atoms with Gasteiger partial charge < -0.3 is 16.0 Å².